The number of hydrogen-bond acceptors (Lipinski definition) is 8. The molecule has 4 fully saturated rings. The molecule has 0 aromatic carbocycles. The third-order valence-electron chi connectivity index (χ3n) is 8.39. The number of fused-ring (bicyclic) bond motifs is 1. The molecule has 4 heterocycles. The van der Waals surface area contributed by atoms with Gasteiger partial charge < -0.3 is 24.4 Å². The van der Waals surface area contributed by atoms with Crippen LogP contribution in [0, 0.1) is 17.8 Å². The molecule has 38 heavy (non-hydrogen) atoms. The SMILES string of the molecule is C=CCOC(=O)[C@@H]1[C@@H]2CCC3(S2)C(C(=O)N(CC=C)CCN2CCOCC2)N([C@@H](CO)CC(C)C)C(=O)[C@H]13. The number of ether oxygens (including phenoxy) is 2. The number of hydrogen-bond donors (Lipinski definition) is 1. The Balaban J connectivity index is 1.67. The van der Waals surface area contributed by atoms with Crippen molar-refractivity contribution in [3.63, 3.8) is 0 Å². The molecule has 6 atom stereocenters. The Kier molecular flexibility index (Phi) is 9.60. The lowest BCUT2D eigenvalue weighted by Crippen LogP contribution is -2.58. The fourth-order valence-corrected chi connectivity index (χ4v) is 8.98. The number of rotatable bonds is 13. The summed E-state index contributed by atoms with van der Waals surface area (Å²) in [6.45, 7) is 16.1. The molecule has 4 saturated heterocycles. The van der Waals surface area contributed by atoms with Crippen LogP contribution in [-0.4, -0.2) is 119 Å². The Bertz CT molecular complexity index is 909. The standard InChI is InChI=1S/C28H43N3O6S/c1-5-9-30(11-10-29-12-15-36-16-13-29)26(34)24-28-8-7-21(38-28)22(27(35)37-14-6-2)23(28)25(33)31(24)20(18-32)17-19(3)4/h5-6,19-24,32H,1-2,7-18H2,3-4H3/t20-,21+,22-,23+,24?,28?/m1/s1. The Hall–Kier alpha value is -1.88. The van der Waals surface area contributed by atoms with Gasteiger partial charge in [0.25, 0.3) is 0 Å². The molecule has 10 heteroatoms. The minimum atomic E-state index is -0.743. The number of nitrogens with zero attached hydrogens (tertiary/aromatic N) is 3. The van der Waals surface area contributed by atoms with Gasteiger partial charge in [-0.15, -0.1) is 18.3 Å². The fourth-order valence-electron chi connectivity index (χ4n) is 6.80. The van der Waals surface area contributed by atoms with Crippen molar-refractivity contribution in [1.29, 1.82) is 0 Å². The Labute approximate surface area is 230 Å². The van der Waals surface area contributed by atoms with E-state index in [1.807, 2.05) is 13.8 Å². The molecule has 2 unspecified atom stereocenters. The summed E-state index contributed by atoms with van der Waals surface area (Å²) in [5, 5.41) is 10.4. The average Bonchev–Trinajstić information content (AvgIpc) is 3.55. The van der Waals surface area contributed by atoms with Crippen LogP contribution < -0.4 is 0 Å². The lowest BCUT2D eigenvalue weighted by atomic mass is 9.71. The van der Waals surface area contributed by atoms with E-state index in [-0.39, 0.29) is 36.2 Å². The van der Waals surface area contributed by atoms with Crippen molar-refractivity contribution in [2.45, 2.75) is 55.2 Å². The van der Waals surface area contributed by atoms with Crippen LogP contribution in [0.4, 0.5) is 0 Å². The number of carbonyl (C=O) groups excluding carboxylic acids is 3. The number of aliphatic hydroxyl groups excluding tert-OH is 1. The first-order chi connectivity index (χ1) is 18.3. The molecule has 2 bridgehead atoms. The fraction of sp³-hybridized carbons (Fsp3) is 0.750. The van der Waals surface area contributed by atoms with Gasteiger partial charge in [-0.05, 0) is 25.2 Å². The van der Waals surface area contributed by atoms with Crippen LogP contribution in [-0.2, 0) is 23.9 Å². The van der Waals surface area contributed by atoms with Crippen molar-refractivity contribution in [2.24, 2.45) is 17.8 Å². The number of morpholine rings is 1. The van der Waals surface area contributed by atoms with E-state index < -0.39 is 34.6 Å². The van der Waals surface area contributed by atoms with E-state index in [1.165, 1.54) is 6.08 Å². The zero-order valence-electron chi connectivity index (χ0n) is 22.8. The third kappa shape index (κ3) is 5.42. The van der Waals surface area contributed by atoms with Crippen molar-refractivity contribution in [3.05, 3.63) is 25.3 Å². The van der Waals surface area contributed by atoms with Crippen LogP contribution >= 0.6 is 11.8 Å². The van der Waals surface area contributed by atoms with E-state index in [0.29, 0.717) is 45.7 Å². The zero-order chi connectivity index (χ0) is 27.4. The largest absolute Gasteiger partial charge is 0.461 e. The first-order valence-corrected chi connectivity index (χ1v) is 14.7. The zero-order valence-corrected chi connectivity index (χ0v) is 23.6. The first-order valence-electron chi connectivity index (χ1n) is 13.9. The van der Waals surface area contributed by atoms with Crippen LogP contribution in [0.5, 0.6) is 0 Å². The molecule has 0 radical (unpaired) electrons. The summed E-state index contributed by atoms with van der Waals surface area (Å²) in [4.78, 5) is 47.6. The van der Waals surface area contributed by atoms with Crippen molar-refractivity contribution in [1.82, 2.24) is 14.7 Å². The Morgan fingerprint density at radius 1 is 1.29 bits per heavy atom. The average molecular weight is 550 g/mol. The summed E-state index contributed by atoms with van der Waals surface area (Å²) in [6.07, 6.45) is 5.25. The molecule has 4 rings (SSSR count). The van der Waals surface area contributed by atoms with Crippen LogP contribution in [0.15, 0.2) is 25.3 Å². The summed E-state index contributed by atoms with van der Waals surface area (Å²) in [7, 11) is 0. The predicted octanol–water partition coefficient (Wildman–Crippen LogP) is 1.56. The number of carbonyl (C=O) groups is 3. The van der Waals surface area contributed by atoms with E-state index in [2.05, 4.69) is 18.1 Å². The minimum Gasteiger partial charge on any atom is -0.461 e. The Morgan fingerprint density at radius 3 is 2.66 bits per heavy atom. The quantitative estimate of drug-likeness (QED) is 0.273. The summed E-state index contributed by atoms with van der Waals surface area (Å²) >= 11 is 1.62. The topological polar surface area (TPSA) is 99.6 Å². The van der Waals surface area contributed by atoms with Gasteiger partial charge >= 0.3 is 5.97 Å². The monoisotopic (exact) mass is 549 g/mol. The second kappa shape index (κ2) is 12.5. The van der Waals surface area contributed by atoms with Gasteiger partial charge in [0.2, 0.25) is 11.8 Å². The lowest BCUT2D eigenvalue weighted by Gasteiger charge is -2.40. The molecule has 0 aromatic rings. The summed E-state index contributed by atoms with van der Waals surface area (Å²) in [5.41, 5.74) is 0. The van der Waals surface area contributed by atoms with Crippen molar-refractivity contribution in [3.8, 4) is 0 Å². The van der Waals surface area contributed by atoms with E-state index in [9.17, 15) is 19.5 Å². The van der Waals surface area contributed by atoms with E-state index in [1.54, 1.807) is 27.6 Å². The van der Waals surface area contributed by atoms with Gasteiger partial charge in [0.15, 0.2) is 0 Å². The van der Waals surface area contributed by atoms with Gasteiger partial charge in [-0.3, -0.25) is 19.3 Å². The molecule has 0 aliphatic carbocycles. The molecule has 4 aliphatic heterocycles. The van der Waals surface area contributed by atoms with Gasteiger partial charge in [-0.1, -0.05) is 32.6 Å². The Morgan fingerprint density at radius 2 is 2.03 bits per heavy atom. The molecular formula is C28H43N3O6S. The van der Waals surface area contributed by atoms with Gasteiger partial charge in [-0.2, -0.15) is 0 Å². The highest BCUT2D eigenvalue weighted by atomic mass is 32.2. The number of thioether (sulfide) groups is 1. The first kappa shape index (κ1) is 29.1. The van der Waals surface area contributed by atoms with Crippen LogP contribution in [0.1, 0.15) is 33.1 Å². The molecule has 1 spiro atoms. The van der Waals surface area contributed by atoms with Crippen molar-refractivity contribution < 1.29 is 29.0 Å². The minimum absolute atomic E-state index is 0.0578. The smallest absolute Gasteiger partial charge is 0.311 e. The summed E-state index contributed by atoms with van der Waals surface area (Å²) in [5.74, 6) is -1.73. The van der Waals surface area contributed by atoms with Gasteiger partial charge in [-0.25, -0.2) is 0 Å². The molecular weight excluding hydrogens is 506 g/mol. The highest BCUT2D eigenvalue weighted by Crippen LogP contribution is 2.67. The van der Waals surface area contributed by atoms with E-state index in [4.69, 9.17) is 9.47 Å². The molecule has 212 valence electrons. The molecule has 4 aliphatic rings. The van der Waals surface area contributed by atoms with Gasteiger partial charge in [0, 0.05) is 38.0 Å². The van der Waals surface area contributed by atoms with Crippen molar-refractivity contribution in [2.75, 3.05) is 59.2 Å². The molecule has 0 saturated carbocycles. The number of likely N-dealkylation sites (tertiary alicyclic amines) is 1. The van der Waals surface area contributed by atoms with Gasteiger partial charge in [0.1, 0.15) is 12.6 Å². The maximum absolute atomic E-state index is 14.5. The number of aliphatic hydroxyl groups is 1. The molecule has 2 amide bonds. The van der Waals surface area contributed by atoms with Crippen LogP contribution in [0.25, 0.3) is 0 Å². The number of esters is 1. The molecule has 9 nitrogen and oxygen atoms in total. The molecule has 0 aromatic heterocycles. The van der Waals surface area contributed by atoms with Crippen molar-refractivity contribution >= 4 is 29.5 Å². The second-order valence-corrected chi connectivity index (χ2v) is 12.8. The summed E-state index contributed by atoms with van der Waals surface area (Å²) in [6, 6.07) is -1.24. The third-order valence-corrected chi connectivity index (χ3v) is 10.3. The van der Waals surface area contributed by atoms with E-state index >= 15 is 0 Å². The normalized spacial score (nSPS) is 31.4. The highest BCUT2D eigenvalue weighted by molar-refractivity contribution is 8.02. The molecule has 1 N–H and O–H groups in total. The predicted molar refractivity (Wildman–Crippen MR) is 146 cm³/mol. The highest BCUT2D eigenvalue weighted by Gasteiger charge is 2.74. The maximum Gasteiger partial charge on any atom is 0.311 e. The lowest BCUT2D eigenvalue weighted by molar-refractivity contribution is -0.153. The maximum atomic E-state index is 14.5. The number of amides is 2. The summed E-state index contributed by atoms with van der Waals surface area (Å²) < 4.78 is 10.2. The van der Waals surface area contributed by atoms with Crippen LogP contribution in [0.3, 0.4) is 0 Å². The van der Waals surface area contributed by atoms with Crippen LogP contribution in [0.2, 0.25) is 0 Å². The second-order valence-electron chi connectivity index (χ2n) is 11.2. The van der Waals surface area contributed by atoms with Gasteiger partial charge in [0.05, 0.1) is 42.4 Å². The van der Waals surface area contributed by atoms with E-state index in [0.717, 1.165) is 19.5 Å².